The molecule has 1 heterocycles. The molecular formula is C12H19BrN2O5S. The number of nitrogens with two attached hydrogens (primary N) is 1. The van der Waals surface area contributed by atoms with E-state index in [1.54, 1.807) is 0 Å². The largest absolute Gasteiger partial charge is 0.443 e. The molecule has 0 spiro atoms. The van der Waals surface area contributed by atoms with Crippen LogP contribution in [0.4, 0.5) is 0 Å². The molecule has 0 saturated heterocycles. The molecule has 3 N–H and O–H groups in total. The number of unbranched alkanes of at least 4 members (excludes halogenated alkanes) is 1. The molecule has 1 amide bonds. The molecule has 0 aliphatic carbocycles. The number of ether oxygens (including phenoxy) is 1. The molecule has 0 unspecified atom stereocenters. The molecule has 0 fully saturated rings. The fourth-order valence-electron chi connectivity index (χ4n) is 1.47. The van der Waals surface area contributed by atoms with Gasteiger partial charge in [0.1, 0.15) is 4.90 Å². The Morgan fingerprint density at radius 3 is 2.67 bits per heavy atom. The highest BCUT2D eigenvalue weighted by Crippen LogP contribution is 2.24. The van der Waals surface area contributed by atoms with E-state index in [-0.39, 0.29) is 15.3 Å². The van der Waals surface area contributed by atoms with E-state index >= 15 is 0 Å². The molecule has 0 atom stereocenters. The van der Waals surface area contributed by atoms with Crippen LogP contribution in [-0.4, -0.2) is 34.1 Å². The Balaban J connectivity index is 2.40. The van der Waals surface area contributed by atoms with Crippen LogP contribution in [0, 0.1) is 0 Å². The van der Waals surface area contributed by atoms with Crippen molar-refractivity contribution in [2.24, 2.45) is 5.14 Å². The smallest absolute Gasteiger partial charge is 0.287 e. The lowest BCUT2D eigenvalue weighted by atomic mass is 10.3. The van der Waals surface area contributed by atoms with Gasteiger partial charge in [0.25, 0.3) is 5.91 Å². The van der Waals surface area contributed by atoms with E-state index in [1.165, 1.54) is 0 Å². The summed E-state index contributed by atoms with van der Waals surface area (Å²) in [7, 11) is -3.92. The van der Waals surface area contributed by atoms with Gasteiger partial charge < -0.3 is 14.5 Å². The van der Waals surface area contributed by atoms with Gasteiger partial charge in [0.15, 0.2) is 10.4 Å². The van der Waals surface area contributed by atoms with E-state index < -0.39 is 15.9 Å². The molecule has 0 bridgehead atoms. The van der Waals surface area contributed by atoms with Crippen molar-refractivity contribution in [1.29, 1.82) is 0 Å². The minimum Gasteiger partial charge on any atom is -0.443 e. The number of amides is 1. The summed E-state index contributed by atoms with van der Waals surface area (Å²) in [5.41, 5.74) is 0. The molecule has 1 aromatic heterocycles. The molecule has 0 aliphatic rings. The molecule has 0 saturated carbocycles. The Hall–Kier alpha value is -0.900. The quantitative estimate of drug-likeness (QED) is 0.630. The van der Waals surface area contributed by atoms with Crippen LogP contribution in [0.1, 0.15) is 36.7 Å². The average molecular weight is 383 g/mol. The van der Waals surface area contributed by atoms with Crippen LogP contribution >= 0.6 is 15.9 Å². The van der Waals surface area contributed by atoms with E-state index in [9.17, 15) is 13.2 Å². The molecule has 1 aromatic rings. The van der Waals surface area contributed by atoms with E-state index in [1.807, 2.05) is 0 Å². The Morgan fingerprint density at radius 2 is 2.10 bits per heavy atom. The number of carbonyl (C=O) groups is 1. The third-order valence-electron chi connectivity index (χ3n) is 2.58. The van der Waals surface area contributed by atoms with Crippen LogP contribution in [-0.2, 0) is 14.8 Å². The van der Waals surface area contributed by atoms with E-state index in [4.69, 9.17) is 14.3 Å². The minimum atomic E-state index is -3.92. The molecule has 0 radical (unpaired) electrons. The number of sulfonamides is 1. The zero-order chi connectivity index (χ0) is 15.9. The third-order valence-corrected chi connectivity index (χ3v) is 4.35. The summed E-state index contributed by atoms with van der Waals surface area (Å²) in [6, 6.07) is 1.09. The highest BCUT2D eigenvalue weighted by Gasteiger charge is 2.21. The molecule has 9 heteroatoms. The van der Waals surface area contributed by atoms with Crippen molar-refractivity contribution in [3.8, 4) is 0 Å². The van der Waals surface area contributed by atoms with E-state index in [0.717, 1.165) is 18.9 Å². The third kappa shape index (κ3) is 6.16. The van der Waals surface area contributed by atoms with Crippen LogP contribution in [0.25, 0.3) is 0 Å². The number of hydrogen-bond acceptors (Lipinski definition) is 5. The van der Waals surface area contributed by atoms with Gasteiger partial charge in [0.05, 0.1) is 0 Å². The normalized spacial score (nSPS) is 11.6. The van der Waals surface area contributed by atoms with Gasteiger partial charge in [-0.1, -0.05) is 13.3 Å². The maximum Gasteiger partial charge on any atom is 0.287 e. The summed E-state index contributed by atoms with van der Waals surface area (Å²) < 4.78 is 32.7. The van der Waals surface area contributed by atoms with Crippen LogP contribution < -0.4 is 10.5 Å². The van der Waals surface area contributed by atoms with Gasteiger partial charge in [0, 0.05) is 25.8 Å². The number of primary sulfonamides is 1. The van der Waals surface area contributed by atoms with Crippen LogP contribution in [0.15, 0.2) is 20.0 Å². The SMILES string of the molecule is CCCCOCCCNC(=O)c1cc(S(N)(=O)=O)c(Br)o1. The second-order valence-electron chi connectivity index (χ2n) is 4.37. The minimum absolute atomic E-state index is 0.0851. The summed E-state index contributed by atoms with van der Waals surface area (Å²) in [6.45, 7) is 3.77. The van der Waals surface area contributed by atoms with Crippen LogP contribution in [0.5, 0.6) is 0 Å². The van der Waals surface area contributed by atoms with Gasteiger partial charge in [0.2, 0.25) is 10.0 Å². The summed E-state index contributed by atoms with van der Waals surface area (Å²) in [4.78, 5) is 11.5. The van der Waals surface area contributed by atoms with E-state index in [0.29, 0.717) is 26.2 Å². The van der Waals surface area contributed by atoms with Crippen LogP contribution in [0.3, 0.4) is 0 Å². The number of carbonyl (C=O) groups excluding carboxylic acids is 1. The number of nitrogens with one attached hydrogen (secondary N) is 1. The van der Waals surface area contributed by atoms with Crippen molar-refractivity contribution in [2.75, 3.05) is 19.8 Å². The second-order valence-corrected chi connectivity index (χ2v) is 6.62. The summed E-state index contributed by atoms with van der Waals surface area (Å²) in [5, 5.41) is 7.60. The van der Waals surface area contributed by atoms with Crippen molar-refractivity contribution >= 4 is 31.9 Å². The number of halogens is 1. The Morgan fingerprint density at radius 1 is 1.43 bits per heavy atom. The molecule has 1 rings (SSSR count). The fourth-order valence-corrected chi connectivity index (χ4v) is 2.97. The van der Waals surface area contributed by atoms with Crippen molar-refractivity contribution in [2.45, 2.75) is 31.1 Å². The monoisotopic (exact) mass is 382 g/mol. The first-order valence-electron chi connectivity index (χ1n) is 6.54. The van der Waals surface area contributed by atoms with Gasteiger partial charge in [-0.2, -0.15) is 0 Å². The predicted octanol–water partition coefficient (Wildman–Crippen LogP) is 1.63. The molecule has 21 heavy (non-hydrogen) atoms. The van der Waals surface area contributed by atoms with Gasteiger partial charge in [-0.25, -0.2) is 13.6 Å². The van der Waals surface area contributed by atoms with Crippen molar-refractivity contribution < 1.29 is 22.4 Å². The first kappa shape index (κ1) is 18.1. The topological polar surface area (TPSA) is 112 Å². The summed E-state index contributed by atoms with van der Waals surface area (Å²) in [5.74, 6) is -0.614. The zero-order valence-corrected chi connectivity index (χ0v) is 14.1. The number of furan rings is 1. The summed E-state index contributed by atoms with van der Waals surface area (Å²) >= 11 is 2.91. The van der Waals surface area contributed by atoms with Crippen molar-refractivity contribution in [3.05, 3.63) is 16.5 Å². The number of rotatable bonds is 9. The Labute approximate surface area is 132 Å². The summed E-state index contributed by atoms with van der Waals surface area (Å²) in [6.07, 6.45) is 2.76. The lowest BCUT2D eigenvalue weighted by Gasteiger charge is -2.04. The van der Waals surface area contributed by atoms with Gasteiger partial charge in [-0.3, -0.25) is 4.79 Å². The first-order valence-corrected chi connectivity index (χ1v) is 8.88. The van der Waals surface area contributed by atoms with Gasteiger partial charge in [-0.05, 0) is 28.8 Å². The highest BCUT2D eigenvalue weighted by molar-refractivity contribution is 9.10. The van der Waals surface area contributed by atoms with Crippen molar-refractivity contribution in [3.63, 3.8) is 0 Å². The first-order chi connectivity index (χ1) is 9.86. The number of hydrogen-bond donors (Lipinski definition) is 2. The molecule has 7 nitrogen and oxygen atoms in total. The molecule has 120 valence electrons. The van der Waals surface area contributed by atoms with E-state index in [2.05, 4.69) is 28.2 Å². The average Bonchev–Trinajstić information content (AvgIpc) is 2.79. The highest BCUT2D eigenvalue weighted by atomic mass is 79.9. The van der Waals surface area contributed by atoms with Gasteiger partial charge in [-0.15, -0.1) is 0 Å². The second kappa shape index (κ2) is 8.52. The molecule has 0 aliphatic heterocycles. The maximum atomic E-state index is 11.8. The van der Waals surface area contributed by atoms with Crippen LogP contribution in [0.2, 0.25) is 0 Å². The fraction of sp³-hybridized carbons (Fsp3) is 0.583. The Kier molecular flexibility index (Phi) is 7.36. The molecular weight excluding hydrogens is 364 g/mol. The maximum absolute atomic E-state index is 11.8. The standard InChI is InChI=1S/C12H19BrN2O5S/c1-2-3-6-19-7-4-5-15-12(16)9-8-10(11(13)20-9)21(14,17)18/h8H,2-7H2,1H3,(H,15,16)(H2,14,17,18). The van der Waals surface area contributed by atoms with Crippen molar-refractivity contribution in [1.82, 2.24) is 5.32 Å². The lowest BCUT2D eigenvalue weighted by molar-refractivity contribution is 0.0912. The predicted molar refractivity (Wildman–Crippen MR) is 80.5 cm³/mol. The molecule has 0 aromatic carbocycles. The Bertz CT molecular complexity index is 570. The zero-order valence-electron chi connectivity index (χ0n) is 11.7. The lowest BCUT2D eigenvalue weighted by Crippen LogP contribution is -2.25. The van der Waals surface area contributed by atoms with Gasteiger partial charge >= 0.3 is 0 Å².